The predicted molar refractivity (Wildman–Crippen MR) is 109 cm³/mol. The Balaban J connectivity index is 1.17. The van der Waals surface area contributed by atoms with Gasteiger partial charge in [0.2, 0.25) is 12.7 Å². The van der Waals surface area contributed by atoms with Crippen molar-refractivity contribution in [2.75, 3.05) is 12.1 Å². The molecule has 1 amide bonds. The number of halogens is 1. The van der Waals surface area contributed by atoms with Gasteiger partial charge >= 0.3 is 0 Å². The van der Waals surface area contributed by atoms with Gasteiger partial charge in [-0.3, -0.25) is 10.1 Å². The van der Waals surface area contributed by atoms with E-state index in [4.69, 9.17) is 18.6 Å². The summed E-state index contributed by atoms with van der Waals surface area (Å²) in [6, 6.07) is 14.6. The maximum atomic E-state index is 13.3. The van der Waals surface area contributed by atoms with Crippen LogP contribution in [0.5, 0.6) is 17.2 Å². The van der Waals surface area contributed by atoms with Gasteiger partial charge in [0.1, 0.15) is 30.3 Å². The van der Waals surface area contributed by atoms with Crippen LogP contribution in [0.15, 0.2) is 65.3 Å². The molecule has 1 aliphatic rings. The van der Waals surface area contributed by atoms with Crippen molar-refractivity contribution in [2.45, 2.75) is 13.2 Å². The van der Waals surface area contributed by atoms with Crippen molar-refractivity contribution < 1.29 is 27.8 Å². The van der Waals surface area contributed by atoms with Gasteiger partial charge in [0.25, 0.3) is 5.91 Å². The number of ether oxygens (including phenoxy) is 3. The van der Waals surface area contributed by atoms with E-state index in [1.807, 2.05) is 0 Å². The van der Waals surface area contributed by atoms with Crippen molar-refractivity contribution in [2.24, 2.45) is 0 Å². The Hall–Kier alpha value is -4.34. The summed E-state index contributed by atoms with van der Waals surface area (Å²) in [6.45, 7) is 0.642. The number of carbonyl (C=O) groups excluding carboxylic acids is 1. The Morgan fingerprint density at radius 1 is 1.12 bits per heavy atom. The Kier molecular flexibility index (Phi) is 5.16. The zero-order chi connectivity index (χ0) is 21.9. The van der Waals surface area contributed by atoms with E-state index in [-0.39, 0.29) is 30.9 Å². The Morgan fingerprint density at radius 3 is 2.94 bits per heavy atom. The molecule has 5 rings (SSSR count). The molecule has 3 heterocycles. The summed E-state index contributed by atoms with van der Waals surface area (Å²) in [4.78, 5) is 16.5. The van der Waals surface area contributed by atoms with Crippen molar-refractivity contribution in [1.82, 2.24) is 14.8 Å². The number of benzene rings is 2. The lowest BCUT2D eigenvalue weighted by molar-refractivity contribution is 0.0991. The zero-order valence-corrected chi connectivity index (χ0v) is 16.7. The molecule has 0 radical (unpaired) electrons. The number of hydrogen-bond donors (Lipinski definition) is 1. The van der Waals surface area contributed by atoms with E-state index in [0.29, 0.717) is 29.6 Å². The molecule has 0 saturated carbocycles. The van der Waals surface area contributed by atoms with Crippen molar-refractivity contribution in [3.05, 3.63) is 83.8 Å². The molecule has 2 aromatic carbocycles. The summed E-state index contributed by atoms with van der Waals surface area (Å²) in [7, 11) is 0. The van der Waals surface area contributed by atoms with Gasteiger partial charge in [0.05, 0.1) is 6.54 Å². The molecular weight excluding hydrogens is 419 g/mol. The zero-order valence-electron chi connectivity index (χ0n) is 16.7. The summed E-state index contributed by atoms with van der Waals surface area (Å²) in [6.07, 6.45) is 1.45. The van der Waals surface area contributed by atoms with Crippen LogP contribution in [0.3, 0.4) is 0 Å². The number of fused-ring (bicyclic) bond motifs is 1. The second-order valence-corrected chi connectivity index (χ2v) is 6.92. The lowest BCUT2D eigenvalue weighted by Crippen LogP contribution is -2.12. The first-order valence-corrected chi connectivity index (χ1v) is 9.69. The molecule has 0 aliphatic carbocycles. The Morgan fingerprint density at radius 2 is 2.03 bits per heavy atom. The fourth-order valence-electron chi connectivity index (χ4n) is 3.11. The van der Waals surface area contributed by atoms with Crippen LogP contribution in [0.2, 0.25) is 0 Å². The molecule has 1 aliphatic heterocycles. The number of rotatable bonds is 7. The van der Waals surface area contributed by atoms with E-state index in [0.717, 1.165) is 5.56 Å². The molecule has 0 unspecified atom stereocenters. The van der Waals surface area contributed by atoms with Gasteiger partial charge in [0.15, 0.2) is 17.3 Å². The van der Waals surface area contributed by atoms with Crippen molar-refractivity contribution in [1.29, 1.82) is 0 Å². The van der Waals surface area contributed by atoms with E-state index in [1.54, 1.807) is 36.4 Å². The summed E-state index contributed by atoms with van der Waals surface area (Å²) < 4.78 is 36.6. The lowest BCUT2D eigenvalue weighted by Gasteiger charge is -2.05. The highest BCUT2D eigenvalue weighted by molar-refractivity contribution is 6.01. The van der Waals surface area contributed by atoms with E-state index in [2.05, 4.69) is 15.4 Å². The van der Waals surface area contributed by atoms with E-state index in [1.165, 1.54) is 29.2 Å². The van der Waals surface area contributed by atoms with Gasteiger partial charge in [-0.2, -0.15) is 0 Å². The predicted octanol–water partition coefficient (Wildman–Crippen LogP) is 3.62. The van der Waals surface area contributed by atoms with Gasteiger partial charge in [-0.15, -0.1) is 5.10 Å². The van der Waals surface area contributed by atoms with Gasteiger partial charge in [-0.1, -0.05) is 12.1 Å². The number of furan rings is 1. The monoisotopic (exact) mass is 436 g/mol. The first kappa shape index (κ1) is 19.6. The Labute approximate surface area is 181 Å². The van der Waals surface area contributed by atoms with Crippen LogP contribution in [-0.2, 0) is 13.2 Å². The molecule has 1 N–H and O–H groups in total. The number of amides is 1. The van der Waals surface area contributed by atoms with Crippen molar-refractivity contribution in [3.8, 4) is 17.2 Å². The van der Waals surface area contributed by atoms with Crippen LogP contribution in [0.25, 0.3) is 0 Å². The number of hydrogen-bond acceptors (Lipinski definition) is 7. The summed E-state index contributed by atoms with van der Waals surface area (Å²) >= 11 is 0. The number of carbonyl (C=O) groups is 1. The van der Waals surface area contributed by atoms with Gasteiger partial charge < -0.3 is 18.6 Å². The molecule has 4 aromatic rings. The molecule has 162 valence electrons. The molecule has 32 heavy (non-hydrogen) atoms. The van der Waals surface area contributed by atoms with Gasteiger partial charge in [-0.25, -0.2) is 14.1 Å². The second kappa shape index (κ2) is 8.42. The van der Waals surface area contributed by atoms with Crippen LogP contribution in [0.4, 0.5) is 10.3 Å². The fourth-order valence-corrected chi connectivity index (χ4v) is 3.11. The molecule has 0 spiro atoms. The highest BCUT2D eigenvalue weighted by Gasteiger charge is 2.16. The SMILES string of the molecule is O=C(Nc1ncn(Cc2cccc(F)c2)n1)c1ccc(COc2ccc3c(c2)OCO3)o1. The average molecular weight is 436 g/mol. The van der Waals surface area contributed by atoms with Crippen LogP contribution < -0.4 is 19.5 Å². The van der Waals surface area contributed by atoms with E-state index >= 15 is 0 Å². The highest BCUT2D eigenvalue weighted by Crippen LogP contribution is 2.35. The first-order valence-electron chi connectivity index (χ1n) is 9.69. The molecule has 2 aromatic heterocycles. The second-order valence-electron chi connectivity index (χ2n) is 6.92. The molecule has 0 fully saturated rings. The largest absolute Gasteiger partial charge is 0.486 e. The number of anilines is 1. The third-order valence-corrected chi connectivity index (χ3v) is 4.61. The summed E-state index contributed by atoms with van der Waals surface area (Å²) in [5.41, 5.74) is 0.728. The lowest BCUT2D eigenvalue weighted by atomic mass is 10.2. The molecule has 10 heteroatoms. The quantitative estimate of drug-likeness (QED) is 0.472. The standard InChI is InChI=1S/C22H17FN4O5/c23-15-3-1-2-14(8-15)10-27-12-24-22(26-27)25-21(28)19-7-5-17(32-19)11-29-16-4-6-18-20(9-16)31-13-30-18/h1-9,12H,10-11,13H2,(H,25,26,28). The maximum Gasteiger partial charge on any atom is 0.293 e. The third kappa shape index (κ3) is 4.38. The normalized spacial score (nSPS) is 12.0. The van der Waals surface area contributed by atoms with Gasteiger partial charge in [-0.05, 0) is 42.0 Å². The highest BCUT2D eigenvalue weighted by atomic mass is 19.1. The van der Waals surface area contributed by atoms with Crippen molar-refractivity contribution in [3.63, 3.8) is 0 Å². The molecule has 0 bridgehead atoms. The topological polar surface area (TPSA) is 101 Å². The van der Waals surface area contributed by atoms with Crippen LogP contribution >= 0.6 is 0 Å². The fraction of sp³-hybridized carbons (Fsp3) is 0.136. The van der Waals surface area contributed by atoms with Gasteiger partial charge in [0, 0.05) is 6.07 Å². The summed E-state index contributed by atoms with van der Waals surface area (Å²) in [5, 5.41) is 6.74. The average Bonchev–Trinajstić information content (AvgIpc) is 3.53. The van der Waals surface area contributed by atoms with Crippen LogP contribution in [-0.4, -0.2) is 27.5 Å². The smallest absolute Gasteiger partial charge is 0.293 e. The molecule has 0 atom stereocenters. The maximum absolute atomic E-state index is 13.3. The first-order chi connectivity index (χ1) is 15.6. The van der Waals surface area contributed by atoms with Crippen LogP contribution in [0.1, 0.15) is 21.9 Å². The Bertz CT molecular complexity index is 1270. The molecular formula is C22H17FN4O5. The van der Waals surface area contributed by atoms with Crippen molar-refractivity contribution >= 4 is 11.9 Å². The van der Waals surface area contributed by atoms with E-state index in [9.17, 15) is 9.18 Å². The minimum atomic E-state index is -0.497. The van der Waals surface area contributed by atoms with Crippen LogP contribution in [0, 0.1) is 5.82 Å². The summed E-state index contributed by atoms with van der Waals surface area (Å²) in [5.74, 6) is 1.72. The third-order valence-electron chi connectivity index (χ3n) is 4.61. The number of aromatic nitrogens is 3. The molecule has 0 saturated heterocycles. The minimum absolute atomic E-state index is 0.0933. The number of nitrogens with zero attached hydrogens (tertiary/aromatic N) is 3. The minimum Gasteiger partial charge on any atom is -0.486 e. The number of nitrogens with one attached hydrogen (secondary N) is 1. The molecule has 9 nitrogen and oxygen atoms in total. The van der Waals surface area contributed by atoms with E-state index < -0.39 is 5.91 Å².